The fourth-order valence-corrected chi connectivity index (χ4v) is 5.12. The number of hydrogen-bond acceptors (Lipinski definition) is 4. The summed E-state index contributed by atoms with van der Waals surface area (Å²) in [5.74, 6) is 0.00716. The average Bonchev–Trinajstić information content (AvgIpc) is 3.33. The molecule has 0 spiro atoms. The van der Waals surface area contributed by atoms with E-state index >= 15 is 0 Å². The van der Waals surface area contributed by atoms with Crippen molar-refractivity contribution in [2.45, 2.75) is 32.2 Å². The normalized spacial score (nSPS) is 17.1. The maximum Gasteiger partial charge on any atom is 0.255 e. The Kier molecular flexibility index (Phi) is 6.01. The van der Waals surface area contributed by atoms with Crippen LogP contribution in [0.5, 0.6) is 5.06 Å². The summed E-state index contributed by atoms with van der Waals surface area (Å²) in [7, 11) is 0. The molecule has 6 heteroatoms. The van der Waals surface area contributed by atoms with Gasteiger partial charge in [0.1, 0.15) is 0 Å². The molecule has 2 aliphatic rings. The lowest BCUT2D eigenvalue weighted by Gasteiger charge is -2.27. The Labute approximate surface area is 169 Å². The van der Waals surface area contributed by atoms with Crippen molar-refractivity contribution in [1.29, 1.82) is 0 Å². The largest absolute Gasteiger partial charge is 0.484 e. The smallest absolute Gasteiger partial charge is 0.255 e. The first-order chi connectivity index (χ1) is 13.2. The molecule has 4 nitrogen and oxygen atoms in total. The Morgan fingerprint density at radius 1 is 1.19 bits per heavy atom. The molecule has 1 fully saturated rings. The zero-order valence-corrected chi connectivity index (χ0v) is 17.0. The summed E-state index contributed by atoms with van der Waals surface area (Å²) in [5.41, 5.74) is 1.90. The molecule has 3 heterocycles. The number of hydrogen-bond donors (Lipinski definition) is 0. The average molecular weight is 405 g/mol. The first-order valence-corrected chi connectivity index (χ1v) is 10.9. The molecule has 0 unspecified atom stereocenters. The lowest BCUT2D eigenvalue weighted by atomic mass is 10.1. The third-order valence-corrected chi connectivity index (χ3v) is 6.72. The minimum Gasteiger partial charge on any atom is -0.484 e. The van der Waals surface area contributed by atoms with Crippen LogP contribution in [0.3, 0.4) is 0 Å². The number of carbonyl (C=O) groups is 1. The molecule has 2 aliphatic heterocycles. The van der Waals surface area contributed by atoms with E-state index in [0.717, 1.165) is 37.6 Å². The van der Waals surface area contributed by atoms with Crippen molar-refractivity contribution in [3.05, 3.63) is 51.4 Å². The Morgan fingerprint density at radius 2 is 2.00 bits per heavy atom. The Morgan fingerprint density at radius 3 is 2.81 bits per heavy atom. The van der Waals surface area contributed by atoms with Gasteiger partial charge in [-0.3, -0.25) is 4.79 Å². The maximum absolute atomic E-state index is 12.8. The molecule has 1 aromatic heterocycles. The monoisotopic (exact) mass is 404 g/mol. The van der Waals surface area contributed by atoms with Crippen LogP contribution in [0.2, 0.25) is 5.02 Å². The second-order valence-electron chi connectivity index (χ2n) is 7.22. The van der Waals surface area contributed by atoms with E-state index in [4.69, 9.17) is 16.3 Å². The topological polar surface area (TPSA) is 32.8 Å². The van der Waals surface area contributed by atoms with Gasteiger partial charge in [-0.25, -0.2) is 0 Å². The van der Waals surface area contributed by atoms with Crippen molar-refractivity contribution in [3.8, 4) is 5.06 Å². The zero-order chi connectivity index (χ0) is 18.6. The molecule has 144 valence electrons. The number of ether oxygens (including phenoxy) is 1. The molecule has 1 aromatic carbocycles. The highest BCUT2D eigenvalue weighted by Crippen LogP contribution is 2.34. The number of rotatable bonds is 6. The zero-order valence-electron chi connectivity index (χ0n) is 15.5. The number of nitrogens with zero attached hydrogens (tertiary/aromatic N) is 2. The van der Waals surface area contributed by atoms with Crippen LogP contribution in [0.25, 0.3) is 0 Å². The highest BCUT2D eigenvalue weighted by molar-refractivity contribution is 7.14. The number of carbonyl (C=O) groups excluding carboxylic acids is 1. The lowest BCUT2D eigenvalue weighted by Crippen LogP contribution is -2.35. The summed E-state index contributed by atoms with van der Waals surface area (Å²) in [6.45, 7) is 5.73. The van der Waals surface area contributed by atoms with Crippen molar-refractivity contribution >= 4 is 28.8 Å². The Bertz CT molecular complexity index is 801. The summed E-state index contributed by atoms with van der Waals surface area (Å²) in [6.07, 6.45) is 4.61. The van der Waals surface area contributed by atoms with Crippen LogP contribution in [0.1, 0.15) is 40.1 Å². The number of likely N-dealkylation sites (tertiary alicyclic amines) is 1. The van der Waals surface area contributed by atoms with Gasteiger partial charge in [-0.15, -0.1) is 11.3 Å². The Hall–Kier alpha value is -1.56. The number of amides is 1. The third-order valence-electron chi connectivity index (χ3n) is 5.31. The molecule has 1 saturated heterocycles. The van der Waals surface area contributed by atoms with Crippen molar-refractivity contribution in [1.82, 2.24) is 9.80 Å². The maximum atomic E-state index is 12.8. The van der Waals surface area contributed by atoms with Crippen molar-refractivity contribution < 1.29 is 9.53 Å². The molecule has 0 radical (unpaired) electrons. The second kappa shape index (κ2) is 8.63. The molecule has 2 aromatic rings. The quantitative estimate of drug-likeness (QED) is 0.666. The van der Waals surface area contributed by atoms with Gasteiger partial charge in [-0.05, 0) is 62.5 Å². The minimum atomic E-state index is 0.00716. The van der Waals surface area contributed by atoms with Gasteiger partial charge in [-0.2, -0.15) is 0 Å². The van der Waals surface area contributed by atoms with Gasteiger partial charge in [0.25, 0.3) is 5.91 Å². The van der Waals surface area contributed by atoms with Crippen LogP contribution in [0, 0.1) is 0 Å². The van der Waals surface area contributed by atoms with E-state index in [1.54, 1.807) is 23.5 Å². The predicted octanol–water partition coefficient (Wildman–Crippen LogP) is 4.46. The summed E-state index contributed by atoms with van der Waals surface area (Å²) < 4.78 is 5.99. The van der Waals surface area contributed by atoms with Crippen LogP contribution in [0.4, 0.5) is 0 Å². The first-order valence-electron chi connectivity index (χ1n) is 9.71. The van der Waals surface area contributed by atoms with Crippen LogP contribution in [-0.2, 0) is 13.0 Å². The SMILES string of the molecule is O=C(c1ccccc1Cl)N1CCc2cc(OCCCN3CCCC3)sc2C1. The molecule has 0 atom stereocenters. The van der Waals surface area contributed by atoms with E-state index in [9.17, 15) is 4.79 Å². The number of benzene rings is 1. The standard InChI is InChI=1S/C21H25ClN2O2S/c22-18-7-2-1-6-17(18)21(25)24-12-8-16-14-20(27-19(16)15-24)26-13-5-11-23-9-3-4-10-23/h1-2,6-7,14H,3-5,8-13,15H2. The molecular weight excluding hydrogens is 380 g/mol. The van der Waals surface area contributed by atoms with E-state index in [1.165, 1.54) is 36.4 Å². The lowest BCUT2D eigenvalue weighted by molar-refractivity contribution is 0.0737. The van der Waals surface area contributed by atoms with E-state index in [-0.39, 0.29) is 5.91 Å². The van der Waals surface area contributed by atoms with Crippen LogP contribution >= 0.6 is 22.9 Å². The van der Waals surface area contributed by atoms with Crippen molar-refractivity contribution in [2.24, 2.45) is 0 Å². The molecule has 0 bridgehead atoms. The highest BCUT2D eigenvalue weighted by Gasteiger charge is 2.25. The third kappa shape index (κ3) is 4.48. The Balaban J connectivity index is 1.32. The van der Waals surface area contributed by atoms with Gasteiger partial charge >= 0.3 is 0 Å². The molecule has 0 N–H and O–H groups in total. The molecule has 1 amide bonds. The van der Waals surface area contributed by atoms with E-state index in [2.05, 4.69) is 11.0 Å². The van der Waals surface area contributed by atoms with Gasteiger partial charge in [0.05, 0.1) is 23.7 Å². The van der Waals surface area contributed by atoms with E-state index in [1.807, 2.05) is 17.0 Å². The molecular formula is C21H25ClN2O2S. The number of fused-ring (bicyclic) bond motifs is 1. The summed E-state index contributed by atoms with van der Waals surface area (Å²) in [4.78, 5) is 18.4. The van der Waals surface area contributed by atoms with Gasteiger partial charge < -0.3 is 14.5 Å². The van der Waals surface area contributed by atoms with Crippen LogP contribution in [-0.4, -0.2) is 48.5 Å². The van der Waals surface area contributed by atoms with Crippen molar-refractivity contribution in [3.63, 3.8) is 0 Å². The van der Waals surface area contributed by atoms with Gasteiger partial charge in [0.2, 0.25) is 0 Å². The number of thiophene rings is 1. The molecule has 4 rings (SSSR count). The summed E-state index contributed by atoms with van der Waals surface area (Å²) in [5, 5.41) is 1.50. The molecule has 27 heavy (non-hydrogen) atoms. The molecule has 0 aliphatic carbocycles. The van der Waals surface area contributed by atoms with Crippen LogP contribution < -0.4 is 4.74 Å². The predicted molar refractivity (Wildman–Crippen MR) is 110 cm³/mol. The summed E-state index contributed by atoms with van der Waals surface area (Å²) in [6, 6.07) is 9.42. The fraction of sp³-hybridized carbons (Fsp3) is 0.476. The van der Waals surface area contributed by atoms with Crippen molar-refractivity contribution in [2.75, 3.05) is 32.8 Å². The van der Waals surface area contributed by atoms with Gasteiger partial charge in [0, 0.05) is 18.0 Å². The minimum absolute atomic E-state index is 0.00716. The fourth-order valence-electron chi connectivity index (χ4n) is 3.81. The van der Waals surface area contributed by atoms with E-state index in [0.29, 0.717) is 17.1 Å². The number of halogens is 1. The summed E-state index contributed by atoms with van der Waals surface area (Å²) >= 11 is 7.87. The van der Waals surface area contributed by atoms with Gasteiger partial charge in [0.15, 0.2) is 5.06 Å². The second-order valence-corrected chi connectivity index (χ2v) is 8.73. The highest BCUT2D eigenvalue weighted by atomic mass is 35.5. The first kappa shape index (κ1) is 18.8. The van der Waals surface area contributed by atoms with Gasteiger partial charge in [-0.1, -0.05) is 23.7 Å². The molecule has 0 saturated carbocycles. The van der Waals surface area contributed by atoms with Crippen LogP contribution in [0.15, 0.2) is 30.3 Å². The van der Waals surface area contributed by atoms with E-state index < -0.39 is 0 Å².